The van der Waals surface area contributed by atoms with Crippen LogP contribution in [0.1, 0.15) is 28.4 Å². The SMILES string of the molecule is CC(=O)NCCNc1nc(-c2ccccc2)nc(NCCNC(=O)c2ccc(C)cc2O)c1C. The van der Waals surface area contributed by atoms with Crippen LogP contribution in [0, 0.1) is 13.8 Å². The van der Waals surface area contributed by atoms with E-state index < -0.39 is 0 Å². The van der Waals surface area contributed by atoms with Crippen molar-refractivity contribution in [1.82, 2.24) is 20.6 Å². The fourth-order valence-corrected chi connectivity index (χ4v) is 3.28. The van der Waals surface area contributed by atoms with Crippen molar-refractivity contribution in [3.63, 3.8) is 0 Å². The predicted molar refractivity (Wildman–Crippen MR) is 133 cm³/mol. The molecule has 0 unspecified atom stereocenters. The maximum Gasteiger partial charge on any atom is 0.255 e. The van der Waals surface area contributed by atoms with E-state index in [4.69, 9.17) is 0 Å². The van der Waals surface area contributed by atoms with Crippen LogP contribution in [0.25, 0.3) is 11.4 Å². The highest BCUT2D eigenvalue weighted by Crippen LogP contribution is 2.25. The zero-order valence-corrected chi connectivity index (χ0v) is 19.6. The van der Waals surface area contributed by atoms with Crippen LogP contribution in [-0.4, -0.2) is 53.1 Å². The highest BCUT2D eigenvalue weighted by Gasteiger charge is 2.13. The molecule has 0 atom stereocenters. The number of hydrogen-bond donors (Lipinski definition) is 5. The molecule has 0 radical (unpaired) electrons. The van der Waals surface area contributed by atoms with Crippen LogP contribution in [0.15, 0.2) is 48.5 Å². The molecule has 34 heavy (non-hydrogen) atoms. The lowest BCUT2D eigenvalue weighted by Gasteiger charge is -2.16. The van der Waals surface area contributed by atoms with Gasteiger partial charge in [0.05, 0.1) is 5.56 Å². The van der Waals surface area contributed by atoms with E-state index in [1.807, 2.05) is 44.2 Å². The molecule has 0 bridgehead atoms. The van der Waals surface area contributed by atoms with Crippen molar-refractivity contribution >= 4 is 23.5 Å². The van der Waals surface area contributed by atoms with E-state index in [9.17, 15) is 14.7 Å². The number of aryl methyl sites for hydroxylation is 1. The Hall–Kier alpha value is -4.14. The van der Waals surface area contributed by atoms with Crippen LogP contribution in [0.3, 0.4) is 0 Å². The summed E-state index contributed by atoms with van der Waals surface area (Å²) in [6, 6.07) is 14.6. The summed E-state index contributed by atoms with van der Waals surface area (Å²) in [5.74, 6) is 1.39. The summed E-state index contributed by atoms with van der Waals surface area (Å²) in [6.07, 6.45) is 0. The van der Waals surface area contributed by atoms with Crippen molar-refractivity contribution in [3.8, 4) is 17.1 Å². The molecule has 0 fully saturated rings. The van der Waals surface area contributed by atoms with E-state index >= 15 is 0 Å². The van der Waals surface area contributed by atoms with Crippen molar-refractivity contribution in [2.75, 3.05) is 36.8 Å². The number of anilines is 2. The molecule has 3 rings (SSSR count). The second-order valence-electron chi connectivity index (χ2n) is 7.85. The molecular formula is C25H30N6O3. The minimum absolute atomic E-state index is 0.0421. The molecular weight excluding hydrogens is 432 g/mol. The van der Waals surface area contributed by atoms with Crippen molar-refractivity contribution in [1.29, 1.82) is 0 Å². The molecule has 1 heterocycles. The Labute approximate surface area is 199 Å². The summed E-state index contributed by atoms with van der Waals surface area (Å²) in [5, 5.41) is 22.1. The summed E-state index contributed by atoms with van der Waals surface area (Å²) in [4.78, 5) is 32.8. The molecule has 0 aliphatic heterocycles. The average molecular weight is 463 g/mol. The molecule has 0 saturated heterocycles. The number of nitrogens with one attached hydrogen (secondary N) is 4. The van der Waals surface area contributed by atoms with Gasteiger partial charge in [0.15, 0.2) is 5.82 Å². The van der Waals surface area contributed by atoms with Gasteiger partial charge in [0, 0.05) is 44.2 Å². The van der Waals surface area contributed by atoms with E-state index in [1.165, 1.54) is 6.92 Å². The lowest BCUT2D eigenvalue weighted by molar-refractivity contribution is -0.118. The Morgan fingerprint density at radius 2 is 1.47 bits per heavy atom. The Kier molecular flexibility index (Phi) is 8.39. The van der Waals surface area contributed by atoms with Gasteiger partial charge in [-0.1, -0.05) is 36.4 Å². The van der Waals surface area contributed by atoms with E-state index in [-0.39, 0.29) is 23.1 Å². The number of hydrogen-bond acceptors (Lipinski definition) is 7. The van der Waals surface area contributed by atoms with Crippen LogP contribution in [0.4, 0.5) is 11.6 Å². The Bertz CT molecular complexity index is 1150. The van der Waals surface area contributed by atoms with Crippen LogP contribution >= 0.6 is 0 Å². The summed E-state index contributed by atoms with van der Waals surface area (Å²) in [6.45, 7) is 6.98. The lowest BCUT2D eigenvalue weighted by Crippen LogP contribution is -2.29. The van der Waals surface area contributed by atoms with E-state index in [2.05, 4.69) is 31.2 Å². The summed E-state index contributed by atoms with van der Waals surface area (Å²) >= 11 is 0. The molecule has 0 saturated carbocycles. The quantitative estimate of drug-likeness (QED) is 0.293. The van der Waals surface area contributed by atoms with Crippen molar-refractivity contribution < 1.29 is 14.7 Å². The van der Waals surface area contributed by atoms with Crippen LogP contribution in [0.2, 0.25) is 0 Å². The fraction of sp³-hybridized carbons (Fsp3) is 0.280. The number of amides is 2. The van der Waals surface area contributed by atoms with E-state index in [0.29, 0.717) is 43.6 Å². The topological polar surface area (TPSA) is 128 Å². The second kappa shape index (κ2) is 11.6. The maximum absolute atomic E-state index is 12.4. The highest BCUT2D eigenvalue weighted by atomic mass is 16.3. The largest absolute Gasteiger partial charge is 0.507 e. The first-order valence-corrected chi connectivity index (χ1v) is 11.1. The first kappa shape index (κ1) is 24.5. The van der Waals surface area contributed by atoms with Crippen molar-refractivity contribution in [2.24, 2.45) is 0 Å². The van der Waals surface area contributed by atoms with Crippen LogP contribution < -0.4 is 21.3 Å². The van der Waals surface area contributed by atoms with Gasteiger partial charge in [-0.05, 0) is 31.5 Å². The molecule has 0 aliphatic carbocycles. The number of carbonyl (C=O) groups excluding carboxylic acids is 2. The summed E-state index contributed by atoms with van der Waals surface area (Å²) in [7, 11) is 0. The summed E-state index contributed by atoms with van der Waals surface area (Å²) in [5.41, 5.74) is 2.81. The average Bonchev–Trinajstić information content (AvgIpc) is 2.81. The Morgan fingerprint density at radius 3 is 2.06 bits per heavy atom. The van der Waals surface area contributed by atoms with E-state index in [1.54, 1.807) is 18.2 Å². The molecule has 0 aliphatic rings. The van der Waals surface area contributed by atoms with Gasteiger partial charge in [-0.25, -0.2) is 9.97 Å². The second-order valence-corrected chi connectivity index (χ2v) is 7.85. The number of nitrogens with zero attached hydrogens (tertiary/aromatic N) is 2. The number of phenols is 1. The highest BCUT2D eigenvalue weighted by molar-refractivity contribution is 5.96. The van der Waals surface area contributed by atoms with Gasteiger partial charge in [0.2, 0.25) is 5.91 Å². The van der Waals surface area contributed by atoms with E-state index in [0.717, 1.165) is 16.7 Å². The molecule has 1 aromatic heterocycles. The van der Waals surface area contributed by atoms with Crippen LogP contribution in [0.5, 0.6) is 5.75 Å². The normalized spacial score (nSPS) is 10.4. The van der Waals surface area contributed by atoms with Gasteiger partial charge in [-0.15, -0.1) is 0 Å². The van der Waals surface area contributed by atoms with Gasteiger partial charge in [-0.2, -0.15) is 0 Å². The Balaban J connectivity index is 1.68. The first-order chi connectivity index (χ1) is 16.3. The van der Waals surface area contributed by atoms with Gasteiger partial charge in [0.1, 0.15) is 17.4 Å². The number of phenolic OH excluding ortho intramolecular Hbond substituents is 1. The zero-order valence-electron chi connectivity index (χ0n) is 19.6. The number of aromatic hydroxyl groups is 1. The zero-order chi connectivity index (χ0) is 24.5. The lowest BCUT2D eigenvalue weighted by atomic mass is 10.1. The third-order valence-corrected chi connectivity index (χ3v) is 5.07. The Morgan fingerprint density at radius 1 is 0.853 bits per heavy atom. The molecule has 5 N–H and O–H groups in total. The minimum Gasteiger partial charge on any atom is -0.507 e. The predicted octanol–water partition coefficient (Wildman–Crippen LogP) is 2.86. The minimum atomic E-state index is -0.344. The first-order valence-electron chi connectivity index (χ1n) is 11.1. The van der Waals surface area contributed by atoms with Gasteiger partial charge < -0.3 is 26.4 Å². The molecule has 9 heteroatoms. The molecule has 3 aromatic rings. The smallest absolute Gasteiger partial charge is 0.255 e. The standard InChI is InChI=1S/C25H30N6O3/c1-16-9-10-20(21(33)15-16)25(34)29-14-13-28-23-17(2)22(27-12-11-26-18(3)32)30-24(31-23)19-7-5-4-6-8-19/h4-10,15,33H,11-14H2,1-3H3,(H,26,32)(H,29,34)(H2,27,28,30,31). The third-order valence-electron chi connectivity index (χ3n) is 5.07. The molecule has 178 valence electrons. The van der Waals surface area contributed by atoms with Gasteiger partial charge >= 0.3 is 0 Å². The monoisotopic (exact) mass is 462 g/mol. The number of carbonyl (C=O) groups is 2. The molecule has 2 amide bonds. The van der Waals surface area contributed by atoms with Crippen molar-refractivity contribution in [2.45, 2.75) is 20.8 Å². The van der Waals surface area contributed by atoms with Gasteiger partial charge in [0.25, 0.3) is 5.91 Å². The van der Waals surface area contributed by atoms with Gasteiger partial charge in [-0.3, -0.25) is 9.59 Å². The molecule has 9 nitrogen and oxygen atoms in total. The number of aromatic nitrogens is 2. The number of benzene rings is 2. The number of rotatable bonds is 10. The fourth-order valence-electron chi connectivity index (χ4n) is 3.28. The van der Waals surface area contributed by atoms with Crippen molar-refractivity contribution in [3.05, 3.63) is 65.2 Å². The summed E-state index contributed by atoms with van der Waals surface area (Å²) < 4.78 is 0. The molecule has 2 aromatic carbocycles. The maximum atomic E-state index is 12.4. The molecule has 0 spiro atoms. The van der Waals surface area contributed by atoms with Crippen LogP contribution in [-0.2, 0) is 4.79 Å². The third kappa shape index (κ3) is 6.68.